The van der Waals surface area contributed by atoms with Crippen LogP contribution in [0, 0.1) is 6.92 Å². The van der Waals surface area contributed by atoms with Crippen molar-refractivity contribution in [3.8, 4) is 0 Å². The van der Waals surface area contributed by atoms with E-state index >= 15 is 0 Å². The van der Waals surface area contributed by atoms with E-state index in [4.69, 9.17) is 4.98 Å². The zero-order valence-electron chi connectivity index (χ0n) is 20.2. The minimum absolute atomic E-state index is 0.274. The van der Waals surface area contributed by atoms with Crippen LogP contribution < -0.4 is 10.2 Å². The molecule has 1 fully saturated rings. The number of carbonyl (C=O) groups excluding carboxylic acids is 1. The number of aromatic nitrogens is 3. The number of hydrogen-bond donors (Lipinski definition) is 1. The van der Waals surface area contributed by atoms with E-state index in [0.717, 1.165) is 65.0 Å². The summed E-state index contributed by atoms with van der Waals surface area (Å²) in [5, 5.41) is 4.03. The molecule has 1 unspecified atom stereocenters. The number of nitrogens with one attached hydrogen (secondary N) is 1. The Hall–Kier alpha value is -3.40. The highest BCUT2D eigenvalue weighted by Gasteiger charge is 2.24. The number of thiazole rings is 1. The van der Waals surface area contributed by atoms with Gasteiger partial charge >= 0.3 is 0 Å². The van der Waals surface area contributed by atoms with Gasteiger partial charge in [-0.1, -0.05) is 29.0 Å². The molecule has 4 heterocycles. The first kappa shape index (κ1) is 23.3. The third-order valence-electron chi connectivity index (χ3n) is 6.43. The van der Waals surface area contributed by atoms with Gasteiger partial charge in [0, 0.05) is 45.1 Å². The molecule has 180 valence electrons. The molecule has 1 aliphatic rings. The zero-order chi connectivity index (χ0) is 24.4. The highest BCUT2D eigenvalue weighted by molar-refractivity contribution is 7.21. The zero-order valence-corrected chi connectivity index (χ0v) is 21.0. The number of likely N-dealkylation sites (N-methyl/N-ethyl adjacent to an activating group) is 1. The lowest BCUT2D eigenvalue weighted by Crippen LogP contribution is -2.46. The molecule has 3 aromatic heterocycles. The third kappa shape index (κ3) is 5.17. The number of aldehydes is 1. The van der Waals surface area contributed by atoms with Crippen molar-refractivity contribution in [2.75, 3.05) is 50.5 Å². The van der Waals surface area contributed by atoms with E-state index in [2.05, 4.69) is 68.2 Å². The maximum Gasteiger partial charge on any atom is 0.190 e. The maximum absolute atomic E-state index is 12.0. The van der Waals surface area contributed by atoms with E-state index in [0.29, 0.717) is 5.82 Å². The van der Waals surface area contributed by atoms with Crippen LogP contribution >= 0.6 is 11.3 Å². The Labute approximate surface area is 209 Å². The molecule has 1 N–H and O–H groups in total. The Morgan fingerprint density at radius 2 is 1.83 bits per heavy atom. The number of fused-ring (bicyclic) bond motifs is 1. The van der Waals surface area contributed by atoms with E-state index in [1.165, 1.54) is 16.9 Å². The van der Waals surface area contributed by atoms with Gasteiger partial charge < -0.3 is 19.9 Å². The van der Waals surface area contributed by atoms with Gasteiger partial charge in [-0.15, -0.1) is 0 Å². The Bertz CT molecular complexity index is 1320. The first-order valence-electron chi connectivity index (χ1n) is 11.7. The highest BCUT2D eigenvalue weighted by Crippen LogP contribution is 2.31. The van der Waals surface area contributed by atoms with Gasteiger partial charge in [-0.25, -0.2) is 15.0 Å². The van der Waals surface area contributed by atoms with Crippen LogP contribution in [0.25, 0.3) is 10.3 Å². The topological polar surface area (TPSA) is 77.5 Å². The second kappa shape index (κ2) is 10.1. The fourth-order valence-electron chi connectivity index (χ4n) is 4.23. The molecule has 0 aliphatic carbocycles. The highest BCUT2D eigenvalue weighted by atomic mass is 32.1. The number of hydrogen-bond acceptors (Lipinski definition) is 9. The van der Waals surface area contributed by atoms with Crippen LogP contribution in [-0.2, 0) is 4.79 Å². The quantitative estimate of drug-likeness (QED) is 0.385. The molecular weight excluding hydrogens is 458 g/mol. The van der Waals surface area contributed by atoms with Crippen molar-refractivity contribution in [2.45, 2.75) is 13.0 Å². The fraction of sp³-hybridized carbons (Fsp3) is 0.308. The maximum atomic E-state index is 12.0. The van der Waals surface area contributed by atoms with Crippen molar-refractivity contribution < 1.29 is 4.79 Å². The Morgan fingerprint density at radius 1 is 1.06 bits per heavy atom. The second-order valence-electron chi connectivity index (χ2n) is 8.93. The van der Waals surface area contributed by atoms with Crippen LogP contribution in [0.5, 0.6) is 0 Å². The van der Waals surface area contributed by atoms with Crippen LogP contribution in [0.2, 0.25) is 0 Å². The van der Waals surface area contributed by atoms with E-state index < -0.39 is 0 Å². The Kier molecular flexibility index (Phi) is 6.72. The van der Waals surface area contributed by atoms with E-state index in [9.17, 15) is 4.79 Å². The summed E-state index contributed by atoms with van der Waals surface area (Å²) < 4.78 is 0. The van der Waals surface area contributed by atoms with Crippen LogP contribution in [0.3, 0.4) is 0 Å². The van der Waals surface area contributed by atoms with Gasteiger partial charge in [0.05, 0.1) is 6.04 Å². The predicted octanol–water partition coefficient (Wildman–Crippen LogP) is 4.39. The van der Waals surface area contributed by atoms with Gasteiger partial charge in [-0.05, 0) is 55.9 Å². The summed E-state index contributed by atoms with van der Waals surface area (Å²) in [6.45, 7) is 5.73. The molecule has 0 saturated carbocycles. The molecule has 1 saturated heterocycles. The number of anilines is 4. The molecule has 1 aliphatic heterocycles. The van der Waals surface area contributed by atoms with Gasteiger partial charge in [0.25, 0.3) is 0 Å². The van der Waals surface area contributed by atoms with Gasteiger partial charge in [0.15, 0.2) is 5.13 Å². The number of carbonyl (C=O) groups is 1. The summed E-state index contributed by atoms with van der Waals surface area (Å²) in [6, 6.07) is 15.9. The van der Waals surface area contributed by atoms with E-state index in [1.54, 1.807) is 6.20 Å². The predicted molar refractivity (Wildman–Crippen MR) is 142 cm³/mol. The summed E-state index contributed by atoms with van der Waals surface area (Å²) in [4.78, 5) is 33.3. The third-order valence-corrected chi connectivity index (χ3v) is 7.31. The summed E-state index contributed by atoms with van der Waals surface area (Å²) in [6.07, 6.45) is 2.77. The standard InChI is InChI=1S/C26H29N7OS/c1-18-4-6-20(7-5-18)32(3)24-9-8-21-25(30-24)35-26(28-21)29-23-16-19(10-11-27-23)22(17-34)33-14-12-31(2)13-15-33/h4-11,16-17,22H,12-15H2,1-3H3,(H,27,28,29). The van der Waals surface area contributed by atoms with Crippen molar-refractivity contribution in [3.63, 3.8) is 0 Å². The number of pyridine rings is 2. The molecular formula is C26H29N7OS. The molecule has 35 heavy (non-hydrogen) atoms. The van der Waals surface area contributed by atoms with Crippen LogP contribution in [0.4, 0.5) is 22.5 Å². The molecule has 0 amide bonds. The van der Waals surface area contributed by atoms with Crippen molar-refractivity contribution in [1.82, 2.24) is 24.8 Å². The molecule has 0 bridgehead atoms. The first-order chi connectivity index (χ1) is 17.0. The van der Waals surface area contributed by atoms with Crippen molar-refractivity contribution >= 4 is 50.4 Å². The number of piperazine rings is 1. The molecule has 4 aromatic rings. The average molecular weight is 488 g/mol. The average Bonchev–Trinajstić information content (AvgIpc) is 3.27. The molecule has 1 atom stereocenters. The molecule has 1 aromatic carbocycles. The summed E-state index contributed by atoms with van der Waals surface area (Å²) in [5.74, 6) is 1.53. The van der Waals surface area contributed by atoms with Crippen LogP contribution in [0.15, 0.2) is 54.7 Å². The first-order valence-corrected chi connectivity index (χ1v) is 12.5. The Balaban J connectivity index is 1.34. The number of benzene rings is 1. The van der Waals surface area contributed by atoms with Gasteiger partial charge in [-0.3, -0.25) is 4.90 Å². The van der Waals surface area contributed by atoms with Gasteiger partial charge in [0.2, 0.25) is 0 Å². The molecule has 0 spiro atoms. The fourth-order valence-corrected chi connectivity index (χ4v) is 5.07. The van der Waals surface area contributed by atoms with E-state index in [1.807, 2.05) is 31.3 Å². The van der Waals surface area contributed by atoms with Crippen LogP contribution in [-0.4, -0.2) is 71.3 Å². The lowest BCUT2D eigenvalue weighted by Gasteiger charge is -2.35. The minimum atomic E-state index is -0.274. The van der Waals surface area contributed by atoms with Crippen LogP contribution in [0.1, 0.15) is 17.2 Å². The number of nitrogens with zero attached hydrogens (tertiary/aromatic N) is 6. The second-order valence-corrected chi connectivity index (χ2v) is 9.90. The molecule has 9 heteroatoms. The molecule has 8 nitrogen and oxygen atoms in total. The van der Waals surface area contributed by atoms with Crippen molar-refractivity contribution in [2.24, 2.45) is 0 Å². The Morgan fingerprint density at radius 3 is 2.57 bits per heavy atom. The molecule has 0 radical (unpaired) electrons. The number of aryl methyl sites for hydroxylation is 1. The summed E-state index contributed by atoms with van der Waals surface area (Å²) in [7, 11) is 4.12. The van der Waals surface area contributed by atoms with Crippen molar-refractivity contribution in [1.29, 1.82) is 0 Å². The molecule has 5 rings (SSSR count). The van der Waals surface area contributed by atoms with E-state index in [-0.39, 0.29) is 6.04 Å². The minimum Gasteiger partial charge on any atom is -0.329 e. The van der Waals surface area contributed by atoms with Gasteiger partial charge in [0.1, 0.15) is 28.3 Å². The smallest absolute Gasteiger partial charge is 0.190 e. The van der Waals surface area contributed by atoms with Gasteiger partial charge in [-0.2, -0.15) is 0 Å². The SMILES string of the molecule is Cc1ccc(N(C)c2ccc3nc(Nc4cc(C(C=O)N5CCN(C)CC5)ccn4)sc3n2)cc1. The lowest BCUT2D eigenvalue weighted by molar-refractivity contribution is -0.113. The van der Waals surface area contributed by atoms with Crippen molar-refractivity contribution in [3.05, 3.63) is 65.9 Å². The monoisotopic (exact) mass is 487 g/mol. The largest absolute Gasteiger partial charge is 0.329 e. The normalized spacial score (nSPS) is 15.7. The lowest BCUT2D eigenvalue weighted by atomic mass is 10.1. The number of rotatable bonds is 7. The summed E-state index contributed by atoms with van der Waals surface area (Å²) >= 11 is 1.48. The summed E-state index contributed by atoms with van der Waals surface area (Å²) in [5.41, 5.74) is 4.07.